The highest BCUT2D eigenvalue weighted by atomic mass is 127. The maximum atomic E-state index is 12.5. The third-order valence-corrected chi connectivity index (χ3v) is 6.51. The fourth-order valence-corrected chi connectivity index (χ4v) is 4.37. The first-order chi connectivity index (χ1) is 17.4. The molecule has 4 aromatic heterocycles. The van der Waals surface area contributed by atoms with E-state index < -0.39 is 0 Å². The Hall–Kier alpha value is -3.81. The quantitative estimate of drug-likeness (QED) is 0.180. The number of fused-ring (bicyclic) bond motifs is 2. The zero-order valence-electron chi connectivity index (χ0n) is 20.0. The van der Waals surface area contributed by atoms with Gasteiger partial charge in [0.25, 0.3) is 0 Å². The average molecular weight is 586 g/mol. The second-order valence-electron chi connectivity index (χ2n) is 8.36. The molecule has 7 nitrogen and oxygen atoms in total. The van der Waals surface area contributed by atoms with Gasteiger partial charge in [0.2, 0.25) is 5.91 Å². The largest absolute Gasteiger partial charge is 0.309 e. The molecule has 0 bridgehead atoms. The van der Waals surface area contributed by atoms with Gasteiger partial charge in [-0.2, -0.15) is 0 Å². The Morgan fingerprint density at radius 3 is 2.72 bits per heavy atom. The monoisotopic (exact) mass is 586 g/mol. The van der Waals surface area contributed by atoms with E-state index in [2.05, 4.69) is 50.0 Å². The normalized spacial score (nSPS) is 11.8. The first kappa shape index (κ1) is 23.9. The summed E-state index contributed by atoms with van der Waals surface area (Å²) in [5, 5.41) is 6.84. The predicted molar refractivity (Wildman–Crippen MR) is 151 cm³/mol. The van der Waals surface area contributed by atoms with E-state index in [1.165, 1.54) is 0 Å². The van der Waals surface area contributed by atoms with Gasteiger partial charge in [-0.15, -0.1) is 0 Å². The lowest BCUT2D eigenvalue weighted by atomic mass is 10.1. The Labute approximate surface area is 222 Å². The van der Waals surface area contributed by atoms with Crippen LogP contribution in [0, 0.1) is 22.5 Å². The molecule has 5 rings (SSSR count). The maximum absolute atomic E-state index is 12.5. The minimum Gasteiger partial charge on any atom is -0.309 e. The molecule has 0 spiro atoms. The number of halogens is 1. The highest BCUT2D eigenvalue weighted by Gasteiger charge is 2.17. The van der Waals surface area contributed by atoms with E-state index in [1.54, 1.807) is 20.0 Å². The zero-order valence-corrected chi connectivity index (χ0v) is 22.2. The fraction of sp³-hybridized carbons (Fsp3) is 0.143. The summed E-state index contributed by atoms with van der Waals surface area (Å²) in [6, 6.07) is 19.2. The number of anilines is 1. The molecule has 178 valence electrons. The summed E-state index contributed by atoms with van der Waals surface area (Å²) in [5.41, 5.74) is 5.82. The van der Waals surface area contributed by atoms with Gasteiger partial charge in [-0.25, -0.2) is 15.0 Å². The van der Waals surface area contributed by atoms with Crippen LogP contribution in [0.1, 0.15) is 23.9 Å². The summed E-state index contributed by atoms with van der Waals surface area (Å²) in [7, 11) is 1.74. The lowest BCUT2D eigenvalue weighted by Crippen LogP contribution is -2.35. The van der Waals surface area contributed by atoms with Crippen LogP contribution in [-0.2, 0) is 4.79 Å². The van der Waals surface area contributed by atoms with E-state index in [0.717, 1.165) is 42.8 Å². The number of aromatic nitrogens is 4. The molecule has 0 fully saturated rings. The molecule has 0 saturated carbocycles. The van der Waals surface area contributed by atoms with Crippen LogP contribution in [0.4, 0.5) is 5.82 Å². The number of likely N-dealkylation sites (N-methyl/N-ethyl adjacent to an activating group) is 1. The lowest BCUT2D eigenvalue weighted by molar-refractivity contribution is -0.117. The van der Waals surface area contributed by atoms with E-state index in [-0.39, 0.29) is 11.9 Å². The van der Waals surface area contributed by atoms with Crippen LogP contribution < -0.4 is 10.6 Å². The number of nitrogens with one attached hydrogen (secondary N) is 2. The Kier molecular flexibility index (Phi) is 6.67. The van der Waals surface area contributed by atoms with Crippen molar-refractivity contribution in [3.05, 3.63) is 87.5 Å². The van der Waals surface area contributed by atoms with Crippen molar-refractivity contribution in [1.29, 1.82) is 0 Å². The second kappa shape index (κ2) is 10.0. The molecule has 0 saturated heterocycles. The molecule has 0 aliphatic rings. The summed E-state index contributed by atoms with van der Waals surface area (Å²) >= 11 is 2.21. The topological polar surface area (TPSA) is 84.2 Å². The number of benzene rings is 1. The Morgan fingerprint density at radius 2 is 1.89 bits per heavy atom. The van der Waals surface area contributed by atoms with Gasteiger partial charge in [0, 0.05) is 22.7 Å². The standard InChI is InChI=1S/C28H23IN6O/c1-17-27(35-15-5-4-6-26(35)31-17)21-10-14-25(34-28(36)18(2)30-3)33-23(21)12-8-19-7-11-22-20(16-19)9-13-24(29)32-22/h4-7,9-11,13-16,18,30H,1-3H3,(H,33,34,36). The SMILES string of the molecule is CNC(C)C(=O)Nc1ccc(-c2c(C)nc3ccccn23)c(C#Cc2ccc3nc(I)ccc3c2)n1. The highest BCUT2D eigenvalue weighted by Crippen LogP contribution is 2.28. The van der Waals surface area contributed by atoms with Crippen molar-refractivity contribution in [1.82, 2.24) is 24.7 Å². The number of imidazole rings is 1. The summed E-state index contributed by atoms with van der Waals surface area (Å²) in [6.45, 7) is 3.77. The van der Waals surface area contributed by atoms with E-state index in [1.807, 2.05) is 72.1 Å². The lowest BCUT2D eigenvalue weighted by Gasteiger charge is -2.12. The molecule has 1 aromatic carbocycles. The van der Waals surface area contributed by atoms with Gasteiger partial charge >= 0.3 is 0 Å². The van der Waals surface area contributed by atoms with Gasteiger partial charge in [-0.05, 0) is 97.9 Å². The summed E-state index contributed by atoms with van der Waals surface area (Å²) in [4.78, 5) is 26.4. The molecule has 0 aliphatic carbocycles. The van der Waals surface area contributed by atoms with Gasteiger partial charge in [0.1, 0.15) is 20.9 Å². The van der Waals surface area contributed by atoms with Crippen LogP contribution in [0.2, 0.25) is 0 Å². The van der Waals surface area contributed by atoms with Gasteiger partial charge in [0.05, 0.1) is 22.9 Å². The van der Waals surface area contributed by atoms with Crippen molar-refractivity contribution in [3.63, 3.8) is 0 Å². The first-order valence-electron chi connectivity index (χ1n) is 11.4. The molecule has 0 radical (unpaired) electrons. The molecule has 1 atom stereocenters. The number of hydrogen-bond acceptors (Lipinski definition) is 5. The minimum atomic E-state index is -0.351. The van der Waals surface area contributed by atoms with Crippen molar-refractivity contribution < 1.29 is 4.79 Å². The van der Waals surface area contributed by atoms with Crippen molar-refractivity contribution in [2.45, 2.75) is 19.9 Å². The number of amides is 1. The molecule has 36 heavy (non-hydrogen) atoms. The molecule has 8 heteroatoms. The van der Waals surface area contributed by atoms with Gasteiger partial charge < -0.3 is 10.6 Å². The number of rotatable bonds is 4. The van der Waals surface area contributed by atoms with Gasteiger partial charge in [-0.1, -0.05) is 18.1 Å². The molecule has 0 aliphatic heterocycles. The number of nitrogens with zero attached hydrogens (tertiary/aromatic N) is 4. The zero-order chi connectivity index (χ0) is 25.2. The molecule has 5 aromatic rings. The first-order valence-corrected chi connectivity index (χ1v) is 12.5. The van der Waals surface area contributed by atoms with Crippen LogP contribution in [0.15, 0.2) is 66.9 Å². The number of carbonyl (C=O) groups is 1. The number of pyridine rings is 3. The number of hydrogen-bond donors (Lipinski definition) is 2. The number of carbonyl (C=O) groups excluding carboxylic acids is 1. The van der Waals surface area contributed by atoms with Gasteiger partial charge in [0.15, 0.2) is 0 Å². The fourth-order valence-electron chi connectivity index (χ4n) is 3.93. The smallest absolute Gasteiger partial charge is 0.242 e. The van der Waals surface area contributed by atoms with Crippen LogP contribution in [0.5, 0.6) is 0 Å². The van der Waals surface area contributed by atoms with Crippen molar-refractivity contribution >= 4 is 50.9 Å². The molecule has 4 heterocycles. The van der Waals surface area contributed by atoms with Crippen LogP contribution in [-0.4, -0.2) is 38.3 Å². The third kappa shape index (κ3) is 4.80. The molecule has 1 amide bonds. The minimum absolute atomic E-state index is 0.167. The molecular weight excluding hydrogens is 563 g/mol. The third-order valence-electron chi connectivity index (χ3n) is 5.91. The average Bonchev–Trinajstić information content (AvgIpc) is 3.22. The van der Waals surface area contributed by atoms with Crippen molar-refractivity contribution in [2.24, 2.45) is 0 Å². The Balaban J connectivity index is 1.62. The molecule has 2 N–H and O–H groups in total. The highest BCUT2D eigenvalue weighted by molar-refractivity contribution is 14.1. The molecule has 1 unspecified atom stereocenters. The van der Waals surface area contributed by atoms with Crippen LogP contribution in [0.25, 0.3) is 27.8 Å². The Bertz CT molecular complexity index is 1680. The number of aryl methyl sites for hydroxylation is 1. The van der Waals surface area contributed by atoms with Gasteiger partial charge in [-0.3, -0.25) is 9.20 Å². The van der Waals surface area contributed by atoms with E-state index in [0.29, 0.717) is 11.5 Å². The van der Waals surface area contributed by atoms with Crippen LogP contribution >= 0.6 is 22.6 Å². The summed E-state index contributed by atoms with van der Waals surface area (Å²) < 4.78 is 2.98. The Morgan fingerprint density at radius 1 is 1.03 bits per heavy atom. The van der Waals surface area contributed by atoms with E-state index in [4.69, 9.17) is 9.97 Å². The molecular formula is C28H23IN6O. The summed E-state index contributed by atoms with van der Waals surface area (Å²) in [5.74, 6) is 6.78. The van der Waals surface area contributed by atoms with E-state index in [9.17, 15) is 4.79 Å². The van der Waals surface area contributed by atoms with Crippen LogP contribution in [0.3, 0.4) is 0 Å². The second-order valence-corrected chi connectivity index (χ2v) is 9.46. The van der Waals surface area contributed by atoms with Crippen molar-refractivity contribution in [3.8, 4) is 23.1 Å². The predicted octanol–water partition coefficient (Wildman–Crippen LogP) is 4.80. The van der Waals surface area contributed by atoms with Crippen molar-refractivity contribution in [2.75, 3.05) is 12.4 Å². The maximum Gasteiger partial charge on any atom is 0.242 e. The van der Waals surface area contributed by atoms with E-state index >= 15 is 0 Å². The summed E-state index contributed by atoms with van der Waals surface area (Å²) in [6.07, 6.45) is 1.98.